The Bertz CT molecular complexity index is 719. The molecule has 1 amide bonds. The maximum Gasteiger partial charge on any atom is 0.234 e. The van der Waals surface area contributed by atoms with Gasteiger partial charge in [0.15, 0.2) is 0 Å². The first kappa shape index (κ1) is 19.3. The van der Waals surface area contributed by atoms with Crippen LogP contribution in [-0.4, -0.2) is 25.6 Å². The summed E-state index contributed by atoms with van der Waals surface area (Å²) in [4.78, 5) is 11.9. The highest BCUT2D eigenvalue weighted by Gasteiger charge is 2.10. The van der Waals surface area contributed by atoms with Crippen LogP contribution in [0.4, 0.5) is 0 Å². The van der Waals surface area contributed by atoms with Crippen LogP contribution in [0.15, 0.2) is 42.5 Å². The number of hydrogen-bond donors (Lipinski definition) is 2. The first-order valence-corrected chi connectivity index (χ1v) is 8.79. The monoisotopic (exact) mass is 360 g/mol. The van der Waals surface area contributed by atoms with Gasteiger partial charge in [0.05, 0.1) is 13.1 Å². The summed E-state index contributed by atoms with van der Waals surface area (Å²) in [5.41, 5.74) is 3.29. The Labute approximate surface area is 154 Å². The molecule has 0 aliphatic heterocycles. The number of benzene rings is 2. The molecule has 0 aliphatic carbocycles. The maximum atomic E-state index is 11.9. The Balaban J connectivity index is 1.68. The van der Waals surface area contributed by atoms with Crippen molar-refractivity contribution in [1.82, 2.24) is 10.6 Å². The molecule has 25 heavy (non-hydrogen) atoms. The molecule has 0 saturated carbocycles. The quantitative estimate of drug-likeness (QED) is 0.704. The summed E-state index contributed by atoms with van der Waals surface area (Å²) < 4.78 is 5.70. The van der Waals surface area contributed by atoms with Gasteiger partial charge in [0.1, 0.15) is 12.4 Å². The van der Waals surface area contributed by atoms with Gasteiger partial charge in [-0.1, -0.05) is 47.5 Å². The normalized spacial score (nSPS) is 11.8. The van der Waals surface area contributed by atoms with Crippen LogP contribution in [0.25, 0.3) is 0 Å². The van der Waals surface area contributed by atoms with Gasteiger partial charge < -0.3 is 15.4 Å². The molecule has 2 rings (SSSR count). The minimum Gasteiger partial charge on any atom is -0.491 e. The van der Waals surface area contributed by atoms with E-state index in [-0.39, 0.29) is 18.5 Å². The molecule has 0 saturated heterocycles. The lowest BCUT2D eigenvalue weighted by Gasteiger charge is -2.15. The van der Waals surface area contributed by atoms with Crippen molar-refractivity contribution in [3.05, 3.63) is 64.2 Å². The Morgan fingerprint density at radius 3 is 2.68 bits per heavy atom. The third-order valence-electron chi connectivity index (χ3n) is 3.95. The summed E-state index contributed by atoms with van der Waals surface area (Å²) in [7, 11) is 0. The first-order chi connectivity index (χ1) is 12.0. The summed E-state index contributed by atoms with van der Waals surface area (Å²) in [6, 6.07) is 13.7. The fourth-order valence-corrected chi connectivity index (χ4v) is 2.86. The molecule has 0 radical (unpaired) electrons. The first-order valence-electron chi connectivity index (χ1n) is 8.42. The van der Waals surface area contributed by atoms with Crippen LogP contribution in [-0.2, 0) is 4.79 Å². The lowest BCUT2D eigenvalue weighted by molar-refractivity contribution is -0.120. The highest BCUT2D eigenvalue weighted by Crippen LogP contribution is 2.21. The number of ether oxygens (including phenoxy) is 1. The summed E-state index contributed by atoms with van der Waals surface area (Å²) in [6.45, 7) is 7.19. The summed E-state index contributed by atoms with van der Waals surface area (Å²) >= 11 is 6.16. The third-order valence-corrected chi connectivity index (χ3v) is 4.30. The Kier molecular flexibility index (Phi) is 7.29. The van der Waals surface area contributed by atoms with E-state index in [1.54, 1.807) is 0 Å². The van der Waals surface area contributed by atoms with E-state index < -0.39 is 0 Å². The van der Waals surface area contributed by atoms with E-state index in [2.05, 4.69) is 16.7 Å². The Morgan fingerprint density at radius 2 is 1.96 bits per heavy atom. The molecular formula is C20H25ClN2O2. The average molecular weight is 361 g/mol. The predicted octanol–water partition coefficient (Wildman–Crippen LogP) is 3.80. The third kappa shape index (κ3) is 6.07. The van der Waals surface area contributed by atoms with E-state index >= 15 is 0 Å². The van der Waals surface area contributed by atoms with E-state index in [0.717, 1.165) is 16.9 Å². The zero-order valence-electron chi connectivity index (χ0n) is 14.9. The van der Waals surface area contributed by atoms with Gasteiger partial charge in [0.2, 0.25) is 5.91 Å². The van der Waals surface area contributed by atoms with E-state index in [9.17, 15) is 4.79 Å². The molecular weight excluding hydrogens is 336 g/mol. The van der Waals surface area contributed by atoms with Gasteiger partial charge in [0.25, 0.3) is 0 Å². The largest absolute Gasteiger partial charge is 0.491 e. The topological polar surface area (TPSA) is 50.4 Å². The SMILES string of the molecule is Cc1ccc(OCCNC(=O)CN[C@@H](C)c2ccccc2Cl)c(C)c1. The van der Waals surface area contributed by atoms with Crippen LogP contribution < -0.4 is 15.4 Å². The van der Waals surface area contributed by atoms with Crippen molar-refractivity contribution in [2.24, 2.45) is 0 Å². The molecule has 2 aromatic rings. The molecule has 2 N–H and O–H groups in total. The second kappa shape index (κ2) is 9.44. The van der Waals surface area contributed by atoms with Crippen molar-refractivity contribution in [3.63, 3.8) is 0 Å². The van der Waals surface area contributed by atoms with E-state index in [4.69, 9.17) is 16.3 Å². The van der Waals surface area contributed by atoms with Gasteiger partial charge >= 0.3 is 0 Å². The van der Waals surface area contributed by atoms with Crippen LogP contribution in [0.3, 0.4) is 0 Å². The van der Waals surface area contributed by atoms with Crippen LogP contribution >= 0.6 is 11.6 Å². The highest BCUT2D eigenvalue weighted by molar-refractivity contribution is 6.31. The van der Waals surface area contributed by atoms with Gasteiger partial charge in [-0.3, -0.25) is 4.79 Å². The van der Waals surface area contributed by atoms with Crippen LogP contribution in [0.2, 0.25) is 5.02 Å². The lowest BCUT2D eigenvalue weighted by Crippen LogP contribution is -2.37. The van der Waals surface area contributed by atoms with Crippen molar-refractivity contribution in [2.45, 2.75) is 26.8 Å². The molecule has 0 bridgehead atoms. The Morgan fingerprint density at radius 1 is 1.20 bits per heavy atom. The molecule has 0 spiro atoms. The zero-order chi connectivity index (χ0) is 18.2. The number of hydrogen-bond acceptors (Lipinski definition) is 3. The van der Waals surface area contributed by atoms with Crippen LogP contribution in [0.5, 0.6) is 5.75 Å². The molecule has 134 valence electrons. The number of amides is 1. The summed E-state index contributed by atoms with van der Waals surface area (Å²) in [5.74, 6) is 0.786. The number of nitrogens with one attached hydrogen (secondary N) is 2. The number of aryl methyl sites for hydroxylation is 2. The molecule has 0 aliphatic rings. The molecule has 0 aromatic heterocycles. The summed E-state index contributed by atoms with van der Waals surface area (Å²) in [6.07, 6.45) is 0. The van der Waals surface area contributed by atoms with E-state index in [0.29, 0.717) is 18.2 Å². The zero-order valence-corrected chi connectivity index (χ0v) is 15.7. The molecule has 4 nitrogen and oxygen atoms in total. The maximum absolute atomic E-state index is 11.9. The smallest absolute Gasteiger partial charge is 0.234 e. The van der Waals surface area contributed by atoms with Crippen molar-refractivity contribution >= 4 is 17.5 Å². The molecule has 5 heteroatoms. The van der Waals surface area contributed by atoms with Crippen molar-refractivity contribution < 1.29 is 9.53 Å². The van der Waals surface area contributed by atoms with Crippen molar-refractivity contribution in [3.8, 4) is 5.75 Å². The van der Waals surface area contributed by atoms with Gasteiger partial charge in [-0.15, -0.1) is 0 Å². The number of halogens is 1. The van der Waals surface area contributed by atoms with Gasteiger partial charge in [-0.2, -0.15) is 0 Å². The fourth-order valence-electron chi connectivity index (χ4n) is 2.56. The van der Waals surface area contributed by atoms with Crippen molar-refractivity contribution in [1.29, 1.82) is 0 Å². The van der Waals surface area contributed by atoms with E-state index in [1.807, 2.05) is 57.2 Å². The van der Waals surface area contributed by atoms with Gasteiger partial charge in [-0.25, -0.2) is 0 Å². The molecule has 1 atom stereocenters. The number of carbonyl (C=O) groups excluding carboxylic acids is 1. The average Bonchev–Trinajstić information content (AvgIpc) is 2.58. The lowest BCUT2D eigenvalue weighted by atomic mass is 10.1. The second-order valence-corrected chi connectivity index (χ2v) is 6.50. The van der Waals surface area contributed by atoms with Crippen molar-refractivity contribution in [2.75, 3.05) is 19.7 Å². The predicted molar refractivity (Wildman–Crippen MR) is 102 cm³/mol. The summed E-state index contributed by atoms with van der Waals surface area (Å²) in [5, 5.41) is 6.72. The van der Waals surface area contributed by atoms with Gasteiger partial charge in [0, 0.05) is 11.1 Å². The highest BCUT2D eigenvalue weighted by atomic mass is 35.5. The molecule has 0 unspecified atom stereocenters. The minimum atomic E-state index is -0.0665. The molecule has 2 aromatic carbocycles. The fraction of sp³-hybridized carbons (Fsp3) is 0.350. The van der Waals surface area contributed by atoms with Crippen LogP contribution in [0, 0.1) is 13.8 Å². The molecule has 0 fully saturated rings. The minimum absolute atomic E-state index is 0.00547. The van der Waals surface area contributed by atoms with Gasteiger partial charge in [-0.05, 0) is 44.0 Å². The standard InChI is InChI=1S/C20H25ClN2O2/c1-14-8-9-19(15(2)12-14)25-11-10-22-20(24)13-23-16(3)17-6-4-5-7-18(17)21/h4-9,12,16,23H,10-11,13H2,1-3H3,(H,22,24)/t16-/m0/s1. The van der Waals surface area contributed by atoms with E-state index in [1.165, 1.54) is 5.56 Å². The number of rotatable bonds is 8. The Hall–Kier alpha value is -2.04. The molecule has 0 heterocycles. The van der Waals surface area contributed by atoms with Crippen LogP contribution in [0.1, 0.15) is 29.7 Å². The second-order valence-electron chi connectivity index (χ2n) is 6.09. The number of carbonyl (C=O) groups is 1.